The van der Waals surface area contributed by atoms with Crippen LogP contribution in [0.25, 0.3) is 0 Å². The SMILES string of the molecule is CCOC(=O)C(F)(F)C(=O)CSc1cccc(F)c1. The molecule has 0 saturated heterocycles. The van der Waals surface area contributed by atoms with Crippen molar-refractivity contribution in [3.8, 4) is 0 Å². The van der Waals surface area contributed by atoms with E-state index in [2.05, 4.69) is 4.74 Å². The van der Waals surface area contributed by atoms with E-state index in [1.54, 1.807) is 0 Å². The molecule has 1 aromatic rings. The highest BCUT2D eigenvalue weighted by molar-refractivity contribution is 8.00. The number of ketones is 1. The van der Waals surface area contributed by atoms with Crippen LogP contribution in [0.2, 0.25) is 0 Å². The first-order valence-corrected chi connectivity index (χ1v) is 6.33. The number of alkyl halides is 2. The van der Waals surface area contributed by atoms with Gasteiger partial charge in [-0.2, -0.15) is 8.78 Å². The summed E-state index contributed by atoms with van der Waals surface area (Å²) in [6, 6.07) is 5.18. The topological polar surface area (TPSA) is 43.4 Å². The molecule has 0 fully saturated rings. The average molecular weight is 292 g/mol. The Morgan fingerprint density at radius 3 is 2.63 bits per heavy atom. The second-order valence-corrected chi connectivity index (χ2v) is 4.51. The van der Waals surface area contributed by atoms with Crippen LogP contribution < -0.4 is 0 Å². The van der Waals surface area contributed by atoms with Gasteiger partial charge in [0.2, 0.25) is 5.78 Å². The summed E-state index contributed by atoms with van der Waals surface area (Å²) in [5.41, 5.74) is 0. The molecule has 0 aliphatic heterocycles. The van der Waals surface area contributed by atoms with Crippen LogP contribution in [0.15, 0.2) is 29.2 Å². The normalized spacial score (nSPS) is 11.2. The third kappa shape index (κ3) is 4.27. The van der Waals surface area contributed by atoms with E-state index < -0.39 is 29.2 Å². The molecule has 0 N–H and O–H groups in total. The summed E-state index contributed by atoms with van der Waals surface area (Å²) in [7, 11) is 0. The summed E-state index contributed by atoms with van der Waals surface area (Å²) in [5, 5.41) is 0. The average Bonchev–Trinajstić information content (AvgIpc) is 2.36. The maximum Gasteiger partial charge on any atom is 0.400 e. The van der Waals surface area contributed by atoms with Gasteiger partial charge < -0.3 is 4.74 Å². The summed E-state index contributed by atoms with van der Waals surface area (Å²) in [6.45, 7) is 1.12. The molecule has 3 nitrogen and oxygen atoms in total. The fourth-order valence-corrected chi connectivity index (χ4v) is 1.98. The van der Waals surface area contributed by atoms with Crippen LogP contribution in [0.4, 0.5) is 13.2 Å². The number of hydrogen-bond acceptors (Lipinski definition) is 4. The summed E-state index contributed by atoms with van der Waals surface area (Å²) < 4.78 is 43.5. The fraction of sp³-hybridized carbons (Fsp3) is 0.333. The monoisotopic (exact) mass is 292 g/mol. The first-order chi connectivity index (χ1) is 8.87. The molecule has 1 aromatic carbocycles. The fourth-order valence-electron chi connectivity index (χ4n) is 1.13. The molecule has 0 bridgehead atoms. The van der Waals surface area contributed by atoms with Crippen molar-refractivity contribution in [1.29, 1.82) is 0 Å². The molecule has 0 aliphatic carbocycles. The molecular formula is C12H11F3O3S. The summed E-state index contributed by atoms with van der Waals surface area (Å²) in [4.78, 5) is 22.5. The lowest BCUT2D eigenvalue weighted by molar-refractivity contribution is -0.175. The Balaban J connectivity index is 2.62. The van der Waals surface area contributed by atoms with Gasteiger partial charge in [0.25, 0.3) is 0 Å². The van der Waals surface area contributed by atoms with Gasteiger partial charge in [-0.05, 0) is 25.1 Å². The Bertz CT molecular complexity index is 477. The molecule has 0 atom stereocenters. The zero-order valence-corrected chi connectivity index (χ0v) is 10.8. The van der Waals surface area contributed by atoms with E-state index in [-0.39, 0.29) is 6.61 Å². The Kier molecular flexibility index (Phi) is 5.41. The number of benzene rings is 1. The van der Waals surface area contributed by atoms with E-state index in [0.717, 1.165) is 17.8 Å². The third-order valence-electron chi connectivity index (χ3n) is 2.05. The van der Waals surface area contributed by atoms with Crippen molar-refractivity contribution in [2.75, 3.05) is 12.4 Å². The van der Waals surface area contributed by atoms with Crippen molar-refractivity contribution in [3.05, 3.63) is 30.1 Å². The van der Waals surface area contributed by atoms with Gasteiger partial charge in [-0.25, -0.2) is 9.18 Å². The molecule has 104 valence electrons. The molecule has 0 radical (unpaired) electrons. The summed E-state index contributed by atoms with van der Waals surface area (Å²) >= 11 is 0.728. The Morgan fingerprint density at radius 2 is 2.05 bits per heavy atom. The first-order valence-electron chi connectivity index (χ1n) is 5.34. The molecule has 0 heterocycles. The van der Waals surface area contributed by atoms with Crippen LogP contribution >= 0.6 is 11.8 Å². The Hall–Kier alpha value is -1.50. The number of rotatable bonds is 6. The highest BCUT2D eigenvalue weighted by atomic mass is 32.2. The van der Waals surface area contributed by atoms with Crippen LogP contribution in [-0.2, 0) is 14.3 Å². The zero-order chi connectivity index (χ0) is 14.5. The van der Waals surface area contributed by atoms with Gasteiger partial charge in [0.15, 0.2) is 0 Å². The highest BCUT2D eigenvalue weighted by Gasteiger charge is 2.48. The Labute approximate surface area is 112 Å². The number of hydrogen-bond donors (Lipinski definition) is 0. The van der Waals surface area contributed by atoms with Gasteiger partial charge >= 0.3 is 11.9 Å². The van der Waals surface area contributed by atoms with Crippen LogP contribution in [0.1, 0.15) is 6.92 Å². The first kappa shape index (κ1) is 15.6. The predicted octanol–water partition coefficient (Wildman–Crippen LogP) is 2.69. The molecule has 0 aromatic heterocycles. The molecule has 0 aliphatic rings. The van der Waals surface area contributed by atoms with E-state index in [0.29, 0.717) is 4.90 Å². The van der Waals surface area contributed by atoms with Crippen molar-refractivity contribution in [3.63, 3.8) is 0 Å². The van der Waals surface area contributed by atoms with Crippen LogP contribution in [-0.4, -0.2) is 30.0 Å². The van der Waals surface area contributed by atoms with E-state index in [9.17, 15) is 22.8 Å². The molecule has 0 saturated carbocycles. The summed E-state index contributed by atoms with van der Waals surface area (Å²) in [6.07, 6.45) is 0. The maximum absolute atomic E-state index is 13.3. The molecular weight excluding hydrogens is 281 g/mol. The van der Waals surface area contributed by atoms with Crippen LogP contribution in [0.3, 0.4) is 0 Å². The van der Waals surface area contributed by atoms with E-state index in [4.69, 9.17) is 0 Å². The minimum absolute atomic E-state index is 0.237. The lowest BCUT2D eigenvalue weighted by Crippen LogP contribution is -2.40. The third-order valence-corrected chi connectivity index (χ3v) is 3.04. The number of ether oxygens (including phenoxy) is 1. The van der Waals surface area contributed by atoms with E-state index in [1.165, 1.54) is 25.1 Å². The molecule has 0 spiro atoms. The second kappa shape index (κ2) is 6.60. The van der Waals surface area contributed by atoms with Gasteiger partial charge in [0.1, 0.15) is 5.82 Å². The van der Waals surface area contributed by atoms with E-state index >= 15 is 0 Å². The van der Waals surface area contributed by atoms with Gasteiger partial charge in [0.05, 0.1) is 12.4 Å². The number of halogens is 3. The van der Waals surface area contributed by atoms with Crippen molar-refractivity contribution in [1.82, 2.24) is 0 Å². The van der Waals surface area contributed by atoms with Crippen molar-refractivity contribution < 1.29 is 27.5 Å². The van der Waals surface area contributed by atoms with Crippen LogP contribution in [0.5, 0.6) is 0 Å². The molecule has 19 heavy (non-hydrogen) atoms. The van der Waals surface area contributed by atoms with Crippen LogP contribution in [0, 0.1) is 5.82 Å². The highest BCUT2D eigenvalue weighted by Crippen LogP contribution is 2.24. The molecule has 0 unspecified atom stereocenters. The number of carbonyl (C=O) groups is 2. The lowest BCUT2D eigenvalue weighted by Gasteiger charge is -2.12. The van der Waals surface area contributed by atoms with Gasteiger partial charge in [-0.15, -0.1) is 11.8 Å². The largest absolute Gasteiger partial charge is 0.461 e. The molecule has 0 amide bonds. The zero-order valence-electron chi connectivity index (χ0n) is 9.99. The lowest BCUT2D eigenvalue weighted by atomic mass is 10.2. The van der Waals surface area contributed by atoms with Gasteiger partial charge in [-0.3, -0.25) is 4.79 Å². The molecule has 1 rings (SSSR count). The predicted molar refractivity (Wildman–Crippen MR) is 63.7 cm³/mol. The van der Waals surface area contributed by atoms with E-state index in [1.807, 2.05) is 0 Å². The number of thioether (sulfide) groups is 1. The number of carbonyl (C=O) groups excluding carboxylic acids is 2. The summed E-state index contributed by atoms with van der Waals surface area (Å²) in [5.74, 6) is -8.78. The standard InChI is InChI=1S/C12H11F3O3S/c1-2-18-11(17)12(14,15)10(16)7-19-9-5-3-4-8(13)6-9/h3-6H,2,7H2,1H3. The van der Waals surface area contributed by atoms with Crippen molar-refractivity contribution in [2.45, 2.75) is 17.7 Å². The van der Waals surface area contributed by atoms with Crippen molar-refractivity contribution in [2.24, 2.45) is 0 Å². The number of Topliss-reactive ketones (excluding diaryl/α,β-unsaturated/α-hetero) is 1. The van der Waals surface area contributed by atoms with Crippen molar-refractivity contribution >= 4 is 23.5 Å². The maximum atomic E-state index is 13.3. The molecule has 7 heteroatoms. The van der Waals surface area contributed by atoms with Gasteiger partial charge in [0, 0.05) is 4.90 Å². The minimum atomic E-state index is -4.17. The minimum Gasteiger partial charge on any atom is -0.461 e. The second-order valence-electron chi connectivity index (χ2n) is 3.46. The Morgan fingerprint density at radius 1 is 1.37 bits per heavy atom. The quantitative estimate of drug-likeness (QED) is 0.459. The smallest absolute Gasteiger partial charge is 0.400 e. The number of esters is 1. The van der Waals surface area contributed by atoms with Gasteiger partial charge in [-0.1, -0.05) is 6.07 Å².